The van der Waals surface area contributed by atoms with Crippen molar-refractivity contribution >= 4 is 5.94 Å². The Morgan fingerprint density at radius 1 is 1.71 bits per heavy atom. The summed E-state index contributed by atoms with van der Waals surface area (Å²) in [6.45, 7) is 1.54. The van der Waals surface area contributed by atoms with Gasteiger partial charge in [0.05, 0.1) is 30.6 Å². The van der Waals surface area contributed by atoms with Crippen LogP contribution in [0.3, 0.4) is 0 Å². The van der Waals surface area contributed by atoms with Crippen molar-refractivity contribution in [3.8, 4) is 0 Å². The first-order chi connectivity index (χ1) is 10.0. The summed E-state index contributed by atoms with van der Waals surface area (Å²) in [5.74, 6) is 1.98. The van der Waals surface area contributed by atoms with Gasteiger partial charge in [0.25, 0.3) is 0 Å². The first-order valence-corrected chi connectivity index (χ1v) is 6.25. The maximum atomic E-state index is 10.4. The van der Waals surface area contributed by atoms with Gasteiger partial charge in [0.15, 0.2) is 0 Å². The molecule has 1 heterocycles. The molecule has 21 heavy (non-hydrogen) atoms. The molecule has 1 aliphatic rings. The zero-order valence-electron chi connectivity index (χ0n) is 11.7. The van der Waals surface area contributed by atoms with E-state index in [1.165, 1.54) is 13.1 Å². The summed E-state index contributed by atoms with van der Waals surface area (Å²) in [6, 6.07) is -1.42. The minimum atomic E-state index is -1.30. The minimum absolute atomic E-state index is 0.0911. The van der Waals surface area contributed by atoms with Crippen LogP contribution in [0.4, 0.5) is 0 Å². The first-order valence-electron chi connectivity index (χ1n) is 6.25. The first kappa shape index (κ1) is 17.0. The van der Waals surface area contributed by atoms with Gasteiger partial charge in [0.1, 0.15) is 24.3 Å². The smallest absolute Gasteiger partial charge is 0.147 e. The van der Waals surface area contributed by atoms with Crippen LogP contribution in [0.25, 0.3) is 10.4 Å². The SMILES string of the molecule is COCC(O)C(O)[C@@H]1OC(C)=CC(N=[N+]=[N-])C1NC=C=O. The Morgan fingerprint density at radius 2 is 2.43 bits per heavy atom. The number of nitrogens with zero attached hydrogens (tertiary/aromatic N) is 3. The Hall–Kier alpha value is -2.02. The summed E-state index contributed by atoms with van der Waals surface area (Å²) in [5, 5.41) is 26.3. The van der Waals surface area contributed by atoms with Crippen LogP contribution in [0.1, 0.15) is 6.92 Å². The lowest BCUT2D eigenvalue weighted by Gasteiger charge is -2.38. The van der Waals surface area contributed by atoms with Crippen LogP contribution >= 0.6 is 0 Å². The van der Waals surface area contributed by atoms with Crippen molar-refractivity contribution in [2.45, 2.75) is 37.3 Å². The Labute approximate surface area is 121 Å². The quantitative estimate of drug-likeness (QED) is 0.254. The van der Waals surface area contributed by atoms with E-state index in [1.54, 1.807) is 13.0 Å². The van der Waals surface area contributed by atoms with Crippen molar-refractivity contribution in [2.75, 3.05) is 13.7 Å². The molecule has 116 valence electrons. The second-order valence-electron chi connectivity index (χ2n) is 4.52. The fraction of sp³-hybridized carbons (Fsp3) is 0.667. The van der Waals surface area contributed by atoms with E-state index in [0.717, 1.165) is 6.20 Å². The number of rotatable bonds is 7. The molecule has 3 N–H and O–H groups in total. The summed E-state index contributed by atoms with van der Waals surface area (Å²) in [5.41, 5.74) is 8.61. The third-order valence-corrected chi connectivity index (χ3v) is 3.04. The van der Waals surface area contributed by atoms with E-state index >= 15 is 0 Å². The highest BCUT2D eigenvalue weighted by molar-refractivity contribution is 5.44. The standard InChI is InChI=1S/C12H18N4O5/c1-7-5-8(15-16-13)10(14-3-4-17)12(21-7)11(19)9(18)6-20-2/h3,5,8-12,14,18-19H,6H2,1-2H3/t8?,9?,10?,11?,12-/m1/s1. The lowest BCUT2D eigenvalue weighted by atomic mass is 9.93. The van der Waals surface area contributed by atoms with Gasteiger partial charge >= 0.3 is 0 Å². The molecule has 0 aromatic heterocycles. The Balaban J connectivity index is 3.04. The van der Waals surface area contributed by atoms with Gasteiger partial charge in [0, 0.05) is 12.0 Å². The number of nitrogens with one attached hydrogen (secondary N) is 1. The highest BCUT2D eigenvalue weighted by Crippen LogP contribution is 2.24. The molecule has 0 spiro atoms. The molecule has 9 heteroatoms. The number of aliphatic hydroxyl groups excluding tert-OH is 2. The maximum Gasteiger partial charge on any atom is 0.147 e. The largest absolute Gasteiger partial charge is 0.490 e. The van der Waals surface area contributed by atoms with Crippen LogP contribution in [-0.2, 0) is 14.3 Å². The second kappa shape index (κ2) is 8.31. The van der Waals surface area contributed by atoms with Crippen molar-refractivity contribution in [3.63, 3.8) is 0 Å². The van der Waals surface area contributed by atoms with Gasteiger partial charge in [-0.25, -0.2) is 4.79 Å². The number of allylic oxidation sites excluding steroid dienone is 1. The van der Waals surface area contributed by atoms with Crippen LogP contribution in [0.2, 0.25) is 0 Å². The average Bonchev–Trinajstić information content (AvgIpc) is 2.45. The molecule has 0 fully saturated rings. The van der Waals surface area contributed by atoms with Gasteiger partial charge in [-0.3, -0.25) is 0 Å². The van der Waals surface area contributed by atoms with Gasteiger partial charge in [0.2, 0.25) is 0 Å². The lowest BCUT2D eigenvalue weighted by molar-refractivity contribution is -0.105. The number of aliphatic hydroxyl groups is 2. The Kier molecular flexibility index (Phi) is 6.74. The topological polar surface area (TPSA) is 137 Å². The highest BCUT2D eigenvalue weighted by atomic mass is 16.5. The number of hydrogen-bond donors (Lipinski definition) is 3. The van der Waals surface area contributed by atoms with Crippen molar-refractivity contribution < 1.29 is 24.5 Å². The number of carbonyl (C=O) groups excluding carboxylic acids is 1. The molecule has 0 amide bonds. The van der Waals surface area contributed by atoms with Crippen LogP contribution in [0.5, 0.6) is 0 Å². The van der Waals surface area contributed by atoms with Gasteiger partial charge in [-0.05, 0) is 18.5 Å². The zero-order chi connectivity index (χ0) is 15.8. The second-order valence-corrected chi connectivity index (χ2v) is 4.52. The molecular formula is C12H18N4O5. The summed E-state index contributed by atoms with van der Waals surface area (Å²) < 4.78 is 10.3. The third kappa shape index (κ3) is 4.49. The van der Waals surface area contributed by atoms with E-state index in [9.17, 15) is 15.0 Å². The fourth-order valence-corrected chi connectivity index (χ4v) is 2.12. The predicted octanol–water partition coefficient (Wildman–Crippen LogP) is -0.360. The molecular weight excluding hydrogens is 280 g/mol. The van der Waals surface area contributed by atoms with E-state index in [1.807, 2.05) is 0 Å². The molecule has 5 atom stereocenters. The highest BCUT2D eigenvalue weighted by Gasteiger charge is 2.40. The maximum absolute atomic E-state index is 10.4. The number of hydrogen-bond acceptors (Lipinski definition) is 7. The minimum Gasteiger partial charge on any atom is -0.490 e. The molecule has 4 unspecified atom stereocenters. The number of azide groups is 1. The zero-order valence-corrected chi connectivity index (χ0v) is 11.7. The molecule has 0 saturated carbocycles. The summed E-state index contributed by atoms with van der Waals surface area (Å²) in [4.78, 5) is 13.1. The molecule has 0 bridgehead atoms. The van der Waals surface area contributed by atoms with E-state index in [2.05, 4.69) is 15.3 Å². The van der Waals surface area contributed by atoms with Crippen molar-refractivity contribution in [3.05, 3.63) is 28.5 Å². The average molecular weight is 298 g/mol. The van der Waals surface area contributed by atoms with E-state index in [0.29, 0.717) is 5.76 Å². The van der Waals surface area contributed by atoms with E-state index in [-0.39, 0.29) is 6.61 Å². The van der Waals surface area contributed by atoms with Crippen LogP contribution < -0.4 is 5.32 Å². The van der Waals surface area contributed by atoms with Crippen LogP contribution in [-0.4, -0.2) is 60.3 Å². The molecule has 1 aliphatic heterocycles. The summed E-state index contributed by atoms with van der Waals surface area (Å²) in [7, 11) is 1.39. The number of methoxy groups -OCH3 is 1. The molecule has 0 saturated heterocycles. The van der Waals surface area contributed by atoms with Crippen molar-refractivity contribution in [1.29, 1.82) is 0 Å². The molecule has 9 nitrogen and oxygen atoms in total. The molecule has 0 aliphatic carbocycles. The van der Waals surface area contributed by atoms with Crippen LogP contribution in [0, 0.1) is 0 Å². The van der Waals surface area contributed by atoms with Crippen molar-refractivity contribution in [1.82, 2.24) is 5.32 Å². The monoisotopic (exact) mass is 298 g/mol. The number of ether oxygens (including phenoxy) is 2. The Bertz CT molecular complexity index is 470. The van der Waals surface area contributed by atoms with Crippen molar-refractivity contribution in [2.24, 2.45) is 5.11 Å². The van der Waals surface area contributed by atoms with Gasteiger partial charge < -0.3 is 25.0 Å². The lowest BCUT2D eigenvalue weighted by Crippen LogP contribution is -2.57. The van der Waals surface area contributed by atoms with E-state index < -0.39 is 30.4 Å². The van der Waals surface area contributed by atoms with E-state index in [4.69, 9.17) is 15.0 Å². The van der Waals surface area contributed by atoms with Crippen LogP contribution in [0.15, 0.2) is 23.1 Å². The Morgan fingerprint density at radius 3 is 3.00 bits per heavy atom. The fourth-order valence-electron chi connectivity index (χ4n) is 2.12. The van der Waals surface area contributed by atoms with Gasteiger partial charge in [-0.1, -0.05) is 5.11 Å². The molecule has 0 radical (unpaired) electrons. The van der Waals surface area contributed by atoms with Gasteiger partial charge in [-0.2, -0.15) is 0 Å². The summed E-state index contributed by atoms with van der Waals surface area (Å²) in [6.07, 6.45) is -0.878. The summed E-state index contributed by atoms with van der Waals surface area (Å²) >= 11 is 0. The predicted molar refractivity (Wildman–Crippen MR) is 72.6 cm³/mol. The molecule has 0 aromatic carbocycles. The van der Waals surface area contributed by atoms with Gasteiger partial charge in [-0.15, -0.1) is 0 Å². The molecule has 0 aromatic rings. The molecule has 1 rings (SSSR count). The third-order valence-electron chi connectivity index (χ3n) is 3.04. The normalized spacial score (nSPS) is 27.2.